The van der Waals surface area contributed by atoms with Gasteiger partial charge in [-0.05, 0) is 49.9 Å². The molecular formula is C31H31FN4O4. The average molecular weight is 543 g/mol. The molecule has 0 saturated carbocycles. The number of hydrogen-bond acceptors (Lipinski definition) is 6. The molecule has 0 unspecified atom stereocenters. The first-order valence-corrected chi connectivity index (χ1v) is 13.3. The molecule has 0 spiro atoms. The lowest BCUT2D eigenvalue weighted by molar-refractivity contribution is -0.159. The van der Waals surface area contributed by atoms with Crippen LogP contribution >= 0.6 is 0 Å². The van der Waals surface area contributed by atoms with E-state index in [1.54, 1.807) is 12.1 Å². The lowest BCUT2D eigenvalue weighted by Crippen LogP contribution is -2.54. The second kappa shape index (κ2) is 11.4. The summed E-state index contributed by atoms with van der Waals surface area (Å²) in [5.74, 6) is -1.21. The third-order valence-electron chi connectivity index (χ3n) is 7.32. The molecule has 8 nitrogen and oxygen atoms in total. The van der Waals surface area contributed by atoms with E-state index in [-0.39, 0.29) is 30.6 Å². The monoisotopic (exact) mass is 542 g/mol. The van der Waals surface area contributed by atoms with Crippen molar-refractivity contribution in [3.05, 3.63) is 84.2 Å². The summed E-state index contributed by atoms with van der Waals surface area (Å²) in [5.41, 5.74) is 2.21. The number of carbonyl (C=O) groups excluding carboxylic acids is 1. The first-order valence-electron chi connectivity index (χ1n) is 13.3. The van der Waals surface area contributed by atoms with Crippen molar-refractivity contribution in [3.8, 4) is 34.0 Å². The largest absolute Gasteiger partial charge is 0.480 e. The number of nitrogens with zero attached hydrogens (tertiary/aromatic N) is 3. The van der Waals surface area contributed by atoms with Crippen LogP contribution in [-0.2, 0) is 16.1 Å². The van der Waals surface area contributed by atoms with E-state index in [1.165, 1.54) is 6.07 Å². The second-order valence-corrected chi connectivity index (χ2v) is 10.5. The van der Waals surface area contributed by atoms with Crippen LogP contribution in [0.2, 0.25) is 0 Å². The van der Waals surface area contributed by atoms with E-state index < -0.39 is 17.3 Å². The number of carboxylic acids is 1. The molecule has 4 aromatic rings. The number of piperidine rings is 1. The molecule has 1 aliphatic heterocycles. The minimum absolute atomic E-state index is 0.114. The van der Waals surface area contributed by atoms with Gasteiger partial charge in [-0.1, -0.05) is 65.8 Å². The highest BCUT2D eigenvalue weighted by Gasteiger charge is 2.48. The number of amides is 1. The van der Waals surface area contributed by atoms with Gasteiger partial charge in [-0.3, -0.25) is 14.5 Å². The SMILES string of the molecule is CC(C)NC(=O)C1(C(=O)O)CCN(Cc2ccc(-c3noc(-c4ccc(-c5ccccc5)c(F)c4)n3)cc2)CC1. The second-order valence-electron chi connectivity index (χ2n) is 10.5. The van der Waals surface area contributed by atoms with Crippen molar-refractivity contribution >= 4 is 11.9 Å². The Hall–Kier alpha value is -4.37. The van der Waals surface area contributed by atoms with Gasteiger partial charge in [-0.2, -0.15) is 4.98 Å². The predicted octanol–water partition coefficient (Wildman–Crippen LogP) is 5.40. The summed E-state index contributed by atoms with van der Waals surface area (Å²) in [6.07, 6.45) is 0.523. The number of benzene rings is 3. The lowest BCUT2D eigenvalue weighted by Gasteiger charge is -2.38. The lowest BCUT2D eigenvalue weighted by atomic mass is 9.77. The van der Waals surface area contributed by atoms with E-state index >= 15 is 0 Å². The molecule has 1 aliphatic rings. The van der Waals surface area contributed by atoms with Crippen molar-refractivity contribution in [1.29, 1.82) is 0 Å². The topological polar surface area (TPSA) is 109 Å². The molecule has 5 rings (SSSR count). The Morgan fingerprint density at radius 1 is 1.00 bits per heavy atom. The van der Waals surface area contributed by atoms with E-state index in [2.05, 4.69) is 20.4 Å². The van der Waals surface area contributed by atoms with E-state index in [1.807, 2.05) is 68.4 Å². The average Bonchev–Trinajstić information content (AvgIpc) is 3.44. The summed E-state index contributed by atoms with van der Waals surface area (Å²) in [7, 11) is 0. The number of carboxylic acid groups (broad SMARTS) is 1. The summed E-state index contributed by atoms with van der Waals surface area (Å²) in [4.78, 5) is 31.3. The number of rotatable bonds is 8. The highest BCUT2D eigenvalue weighted by atomic mass is 19.1. The molecule has 2 heterocycles. The van der Waals surface area contributed by atoms with Crippen LogP contribution < -0.4 is 5.32 Å². The number of likely N-dealkylation sites (tertiary alicyclic amines) is 1. The Morgan fingerprint density at radius 2 is 1.68 bits per heavy atom. The fraction of sp³-hybridized carbons (Fsp3) is 0.290. The molecule has 40 heavy (non-hydrogen) atoms. The van der Waals surface area contributed by atoms with Gasteiger partial charge >= 0.3 is 5.97 Å². The van der Waals surface area contributed by atoms with Gasteiger partial charge in [0.1, 0.15) is 11.2 Å². The van der Waals surface area contributed by atoms with Crippen molar-refractivity contribution in [3.63, 3.8) is 0 Å². The Balaban J connectivity index is 1.22. The highest BCUT2D eigenvalue weighted by molar-refractivity contribution is 6.02. The third-order valence-corrected chi connectivity index (χ3v) is 7.32. The molecule has 9 heteroatoms. The van der Waals surface area contributed by atoms with Gasteiger partial charge in [-0.15, -0.1) is 0 Å². The molecule has 0 aliphatic carbocycles. The number of aliphatic carboxylic acids is 1. The van der Waals surface area contributed by atoms with Gasteiger partial charge in [0.15, 0.2) is 0 Å². The van der Waals surface area contributed by atoms with Gasteiger partial charge in [0.05, 0.1) is 0 Å². The van der Waals surface area contributed by atoms with Crippen LogP contribution in [0.5, 0.6) is 0 Å². The molecule has 0 bridgehead atoms. The first-order chi connectivity index (χ1) is 19.2. The number of halogens is 1. The zero-order valence-corrected chi connectivity index (χ0v) is 22.4. The standard InChI is InChI=1S/C31H31FN4O4/c1-20(2)33-29(37)31(30(38)39)14-16-36(17-15-31)19-21-8-10-23(11-9-21)27-34-28(40-35-27)24-12-13-25(26(32)18-24)22-6-4-3-5-7-22/h3-13,18,20H,14-17,19H2,1-2H3,(H,33,37)(H,38,39). The Labute approximate surface area is 231 Å². The molecule has 0 atom stereocenters. The van der Waals surface area contributed by atoms with Crippen molar-refractivity contribution < 1.29 is 23.6 Å². The fourth-order valence-corrected chi connectivity index (χ4v) is 5.01. The summed E-state index contributed by atoms with van der Waals surface area (Å²) in [6, 6.07) is 21.8. The summed E-state index contributed by atoms with van der Waals surface area (Å²) in [5, 5.41) is 16.7. The molecule has 206 valence electrons. The number of nitrogens with one attached hydrogen (secondary N) is 1. The Kier molecular flexibility index (Phi) is 7.75. The van der Waals surface area contributed by atoms with Crippen LogP contribution in [0.3, 0.4) is 0 Å². The summed E-state index contributed by atoms with van der Waals surface area (Å²) >= 11 is 0. The van der Waals surface area contributed by atoms with Crippen LogP contribution in [0.25, 0.3) is 34.0 Å². The third kappa shape index (κ3) is 5.65. The van der Waals surface area contributed by atoms with Gasteiger partial charge in [0, 0.05) is 42.4 Å². The van der Waals surface area contributed by atoms with Crippen LogP contribution in [0.15, 0.2) is 77.3 Å². The molecule has 3 aromatic carbocycles. The van der Waals surface area contributed by atoms with Gasteiger partial charge < -0.3 is 14.9 Å². The van der Waals surface area contributed by atoms with Gasteiger partial charge in [0.2, 0.25) is 11.7 Å². The van der Waals surface area contributed by atoms with E-state index in [0.29, 0.717) is 36.6 Å². The maximum atomic E-state index is 14.8. The van der Waals surface area contributed by atoms with E-state index in [4.69, 9.17) is 4.52 Å². The molecule has 0 radical (unpaired) electrons. The number of aromatic nitrogens is 2. The molecule has 1 amide bonds. The van der Waals surface area contributed by atoms with Crippen molar-refractivity contribution in [2.75, 3.05) is 13.1 Å². The predicted molar refractivity (Wildman–Crippen MR) is 148 cm³/mol. The smallest absolute Gasteiger partial charge is 0.319 e. The van der Waals surface area contributed by atoms with Crippen molar-refractivity contribution in [2.45, 2.75) is 39.3 Å². The maximum absolute atomic E-state index is 14.8. The molecule has 2 N–H and O–H groups in total. The molecule has 1 aromatic heterocycles. The minimum atomic E-state index is -1.38. The normalized spacial score (nSPS) is 15.2. The first kappa shape index (κ1) is 27.2. The summed E-state index contributed by atoms with van der Waals surface area (Å²) < 4.78 is 20.2. The van der Waals surface area contributed by atoms with Crippen molar-refractivity contribution in [2.24, 2.45) is 5.41 Å². The van der Waals surface area contributed by atoms with E-state index in [0.717, 1.165) is 16.7 Å². The molecular weight excluding hydrogens is 511 g/mol. The van der Waals surface area contributed by atoms with E-state index in [9.17, 15) is 19.1 Å². The minimum Gasteiger partial charge on any atom is -0.480 e. The Bertz CT molecular complexity index is 1490. The van der Waals surface area contributed by atoms with Crippen LogP contribution in [0, 0.1) is 11.2 Å². The van der Waals surface area contributed by atoms with Crippen LogP contribution in [0.1, 0.15) is 32.3 Å². The zero-order chi connectivity index (χ0) is 28.3. The zero-order valence-electron chi connectivity index (χ0n) is 22.4. The number of hydrogen-bond donors (Lipinski definition) is 2. The maximum Gasteiger partial charge on any atom is 0.319 e. The van der Waals surface area contributed by atoms with Crippen molar-refractivity contribution in [1.82, 2.24) is 20.4 Å². The van der Waals surface area contributed by atoms with Crippen LogP contribution in [0.4, 0.5) is 4.39 Å². The van der Waals surface area contributed by atoms with Crippen LogP contribution in [-0.4, -0.2) is 51.2 Å². The van der Waals surface area contributed by atoms with Gasteiger partial charge in [0.25, 0.3) is 5.89 Å². The molecule has 1 saturated heterocycles. The van der Waals surface area contributed by atoms with Gasteiger partial charge in [-0.25, -0.2) is 4.39 Å². The quantitative estimate of drug-likeness (QED) is 0.287. The number of carbonyl (C=O) groups is 2. The highest BCUT2D eigenvalue weighted by Crippen LogP contribution is 2.33. The fourth-order valence-electron chi connectivity index (χ4n) is 5.01. The molecule has 1 fully saturated rings. The summed E-state index contributed by atoms with van der Waals surface area (Å²) in [6.45, 7) is 5.29. The Morgan fingerprint density at radius 3 is 2.30 bits per heavy atom.